The summed E-state index contributed by atoms with van der Waals surface area (Å²) in [6.45, 7) is 8.56. The van der Waals surface area contributed by atoms with Crippen LogP contribution in [0.5, 0.6) is 0 Å². The molecule has 0 amide bonds. The molecule has 0 saturated heterocycles. The number of hydrogen-bond acceptors (Lipinski definition) is 2. The highest BCUT2D eigenvalue weighted by Gasteiger charge is 2.59. The highest BCUT2D eigenvalue weighted by Crippen LogP contribution is 2.54. The Morgan fingerprint density at radius 3 is 1.00 bits per heavy atom. The second-order valence-electron chi connectivity index (χ2n) is 10.0. The van der Waals surface area contributed by atoms with Crippen LogP contribution in [-0.2, 0) is 9.59 Å². The van der Waals surface area contributed by atoms with E-state index in [0.717, 1.165) is 83.5 Å². The molecule has 0 saturated carbocycles. The summed E-state index contributed by atoms with van der Waals surface area (Å²) in [4.78, 5) is 25.9. The molecule has 0 spiro atoms. The average Bonchev–Trinajstić information content (AvgIpc) is 2.77. The standard InChI is InChI=1S/C28H54O4/c1-5-9-13-16-17-20-24-28(26(31)32,23-19-15-11-7-3)27(25(29)30,21-12-8-4)22-18-14-10-6-2/h5-24H2,1-4H3,(H,29,30)(H,31,32). The molecule has 0 aliphatic rings. The zero-order valence-corrected chi connectivity index (χ0v) is 21.9. The minimum Gasteiger partial charge on any atom is -0.481 e. The molecular weight excluding hydrogens is 400 g/mol. The van der Waals surface area contributed by atoms with Gasteiger partial charge in [0.25, 0.3) is 0 Å². The van der Waals surface area contributed by atoms with Crippen LogP contribution in [0.3, 0.4) is 0 Å². The third-order valence-electron chi connectivity index (χ3n) is 7.56. The Morgan fingerprint density at radius 2 is 0.688 bits per heavy atom. The molecule has 0 radical (unpaired) electrons. The molecule has 32 heavy (non-hydrogen) atoms. The number of aliphatic carboxylic acids is 2. The van der Waals surface area contributed by atoms with Gasteiger partial charge in [-0.05, 0) is 25.7 Å². The maximum absolute atomic E-state index is 13.0. The van der Waals surface area contributed by atoms with Crippen molar-refractivity contribution in [2.24, 2.45) is 10.8 Å². The number of carbonyl (C=O) groups is 2. The first kappa shape index (κ1) is 30.9. The van der Waals surface area contributed by atoms with Crippen molar-refractivity contribution in [3.05, 3.63) is 0 Å². The SMILES string of the molecule is CCCCCCCCC(CCCCCC)(C(=O)O)C(CCCC)(CCCCCC)C(=O)O. The van der Waals surface area contributed by atoms with Crippen molar-refractivity contribution in [2.45, 2.75) is 156 Å². The summed E-state index contributed by atoms with van der Waals surface area (Å²) >= 11 is 0. The van der Waals surface area contributed by atoms with Crippen LogP contribution in [0.2, 0.25) is 0 Å². The van der Waals surface area contributed by atoms with Gasteiger partial charge in [0, 0.05) is 0 Å². The van der Waals surface area contributed by atoms with E-state index in [1.54, 1.807) is 0 Å². The summed E-state index contributed by atoms with van der Waals surface area (Å²) in [5, 5.41) is 21.2. The molecule has 0 rings (SSSR count). The molecule has 2 N–H and O–H groups in total. The lowest BCUT2D eigenvalue weighted by atomic mass is 9.54. The second kappa shape index (κ2) is 18.4. The Bertz CT molecular complexity index is 490. The van der Waals surface area contributed by atoms with Gasteiger partial charge in [0.2, 0.25) is 0 Å². The molecule has 4 heteroatoms. The van der Waals surface area contributed by atoms with Crippen LogP contribution in [0, 0.1) is 10.8 Å². The van der Waals surface area contributed by atoms with E-state index in [9.17, 15) is 19.8 Å². The maximum atomic E-state index is 13.0. The lowest BCUT2D eigenvalue weighted by Gasteiger charge is -2.46. The van der Waals surface area contributed by atoms with Gasteiger partial charge in [0.05, 0.1) is 10.8 Å². The molecule has 0 aliphatic heterocycles. The van der Waals surface area contributed by atoms with Crippen molar-refractivity contribution in [3.63, 3.8) is 0 Å². The summed E-state index contributed by atoms with van der Waals surface area (Å²) in [5.74, 6) is -1.73. The molecule has 0 aliphatic carbocycles. The first-order valence-electron chi connectivity index (χ1n) is 13.8. The van der Waals surface area contributed by atoms with Crippen LogP contribution >= 0.6 is 0 Å². The van der Waals surface area contributed by atoms with E-state index >= 15 is 0 Å². The second-order valence-corrected chi connectivity index (χ2v) is 10.0. The van der Waals surface area contributed by atoms with Gasteiger partial charge in [-0.15, -0.1) is 0 Å². The minimum absolute atomic E-state index is 0.487. The molecular formula is C28H54O4. The maximum Gasteiger partial charge on any atom is 0.310 e. The van der Waals surface area contributed by atoms with Gasteiger partial charge in [-0.2, -0.15) is 0 Å². The van der Waals surface area contributed by atoms with Crippen LogP contribution in [0.1, 0.15) is 156 Å². The number of hydrogen-bond donors (Lipinski definition) is 2. The van der Waals surface area contributed by atoms with Crippen LogP contribution in [0.4, 0.5) is 0 Å². The topological polar surface area (TPSA) is 74.6 Å². The molecule has 0 fully saturated rings. The fourth-order valence-electron chi connectivity index (χ4n) is 5.44. The molecule has 0 aromatic rings. The predicted octanol–water partition coefficient (Wildman–Crippen LogP) is 9.01. The van der Waals surface area contributed by atoms with Gasteiger partial charge >= 0.3 is 11.9 Å². The summed E-state index contributed by atoms with van der Waals surface area (Å²) in [6, 6.07) is 0. The Morgan fingerprint density at radius 1 is 0.438 bits per heavy atom. The zero-order chi connectivity index (χ0) is 24.3. The fourth-order valence-corrected chi connectivity index (χ4v) is 5.44. The van der Waals surface area contributed by atoms with E-state index in [2.05, 4.69) is 27.7 Å². The van der Waals surface area contributed by atoms with E-state index in [-0.39, 0.29) is 0 Å². The van der Waals surface area contributed by atoms with E-state index in [0.29, 0.717) is 25.7 Å². The first-order chi connectivity index (χ1) is 15.4. The summed E-state index contributed by atoms with van der Waals surface area (Å²) in [7, 11) is 0. The van der Waals surface area contributed by atoms with Crippen molar-refractivity contribution in [1.29, 1.82) is 0 Å². The highest BCUT2D eigenvalue weighted by atomic mass is 16.4. The van der Waals surface area contributed by atoms with Crippen molar-refractivity contribution in [1.82, 2.24) is 0 Å². The van der Waals surface area contributed by atoms with E-state index in [1.807, 2.05) is 0 Å². The van der Waals surface area contributed by atoms with E-state index in [4.69, 9.17) is 0 Å². The first-order valence-corrected chi connectivity index (χ1v) is 13.8. The normalized spacial score (nSPS) is 15.2. The Labute approximate surface area is 199 Å². The lowest BCUT2D eigenvalue weighted by Crippen LogP contribution is -2.53. The fraction of sp³-hybridized carbons (Fsp3) is 0.929. The third-order valence-corrected chi connectivity index (χ3v) is 7.56. The third kappa shape index (κ3) is 9.83. The van der Waals surface area contributed by atoms with E-state index in [1.165, 1.54) is 19.3 Å². The van der Waals surface area contributed by atoms with Gasteiger partial charge in [-0.1, -0.05) is 130 Å². The van der Waals surface area contributed by atoms with Crippen LogP contribution in [-0.4, -0.2) is 22.2 Å². The van der Waals surface area contributed by atoms with Crippen molar-refractivity contribution in [2.75, 3.05) is 0 Å². The molecule has 0 bridgehead atoms. The van der Waals surface area contributed by atoms with Gasteiger partial charge in [-0.3, -0.25) is 9.59 Å². The Balaban J connectivity index is 5.93. The molecule has 4 nitrogen and oxygen atoms in total. The van der Waals surface area contributed by atoms with Gasteiger partial charge in [0.1, 0.15) is 0 Å². The van der Waals surface area contributed by atoms with Crippen LogP contribution in [0.25, 0.3) is 0 Å². The Kier molecular flexibility index (Phi) is 17.8. The van der Waals surface area contributed by atoms with Gasteiger partial charge in [-0.25, -0.2) is 0 Å². The Hall–Kier alpha value is -1.06. The largest absolute Gasteiger partial charge is 0.481 e. The molecule has 0 aromatic carbocycles. The van der Waals surface area contributed by atoms with Gasteiger partial charge in [0.15, 0.2) is 0 Å². The van der Waals surface area contributed by atoms with Crippen molar-refractivity contribution >= 4 is 11.9 Å². The van der Waals surface area contributed by atoms with Crippen LogP contribution in [0.15, 0.2) is 0 Å². The van der Waals surface area contributed by atoms with Gasteiger partial charge < -0.3 is 10.2 Å². The molecule has 190 valence electrons. The number of carboxylic acids is 2. The highest BCUT2D eigenvalue weighted by molar-refractivity contribution is 5.86. The molecule has 2 unspecified atom stereocenters. The number of rotatable bonds is 23. The molecule has 0 aromatic heterocycles. The summed E-state index contributed by atoms with van der Waals surface area (Å²) in [5.41, 5.74) is -2.31. The quantitative estimate of drug-likeness (QED) is 0.151. The monoisotopic (exact) mass is 454 g/mol. The predicted molar refractivity (Wildman–Crippen MR) is 135 cm³/mol. The number of unbranched alkanes of at least 4 members (excludes halogenated alkanes) is 12. The van der Waals surface area contributed by atoms with E-state index < -0.39 is 22.8 Å². The smallest absolute Gasteiger partial charge is 0.310 e. The van der Waals surface area contributed by atoms with Crippen LogP contribution < -0.4 is 0 Å². The van der Waals surface area contributed by atoms with Crippen molar-refractivity contribution < 1.29 is 19.8 Å². The molecule has 0 heterocycles. The summed E-state index contributed by atoms with van der Waals surface area (Å²) in [6.07, 6.45) is 18.1. The zero-order valence-electron chi connectivity index (χ0n) is 21.9. The average molecular weight is 455 g/mol. The summed E-state index contributed by atoms with van der Waals surface area (Å²) < 4.78 is 0. The van der Waals surface area contributed by atoms with Crippen molar-refractivity contribution in [3.8, 4) is 0 Å². The minimum atomic E-state index is -1.15. The lowest BCUT2D eigenvalue weighted by molar-refractivity contribution is -0.179. The molecule has 2 atom stereocenters. The number of carboxylic acid groups (broad SMARTS) is 2.